The molecule has 0 aliphatic heterocycles. The normalized spacial score (nSPS) is 10.9. The summed E-state index contributed by atoms with van der Waals surface area (Å²) >= 11 is 7.31. The number of thiocarbonyl (C=S) groups is 1. The Morgan fingerprint density at radius 2 is 1.68 bits per heavy atom. The molecule has 0 atom stereocenters. The van der Waals surface area contributed by atoms with Crippen LogP contribution in [-0.2, 0) is 10.0 Å². The molecule has 0 saturated heterocycles. The molecule has 0 saturated carbocycles. The van der Waals surface area contributed by atoms with E-state index in [4.69, 9.17) is 12.2 Å². The van der Waals surface area contributed by atoms with E-state index in [1.807, 2.05) is 32.0 Å². The van der Waals surface area contributed by atoms with Crippen LogP contribution in [-0.4, -0.2) is 19.4 Å². The minimum absolute atomic E-state index is 0.117. The molecule has 0 aliphatic carbocycles. The van der Waals surface area contributed by atoms with Crippen LogP contribution in [0.5, 0.6) is 0 Å². The highest BCUT2D eigenvalue weighted by Crippen LogP contribution is 2.22. The molecule has 0 unspecified atom stereocenters. The van der Waals surface area contributed by atoms with Crippen molar-refractivity contribution in [2.24, 2.45) is 0 Å². The maximum atomic E-state index is 12.7. The maximum Gasteiger partial charge on any atom is 0.261 e. The standard InChI is InChI=1S/C22H20IN3O3S2/c1-14-6-11-20(15(2)12-14)26-31(28,29)19-9-7-18(8-10-19)24-22(30)25-21(27)16-4-3-5-17(23)13-16/h3-13,26H,1-2H3,(H2,24,25,27,30). The average molecular weight is 565 g/mol. The number of carbonyl (C=O) groups is 1. The molecule has 0 bridgehead atoms. The van der Waals surface area contributed by atoms with Gasteiger partial charge in [-0.25, -0.2) is 8.42 Å². The zero-order valence-corrected chi connectivity index (χ0v) is 20.6. The fourth-order valence-electron chi connectivity index (χ4n) is 2.82. The van der Waals surface area contributed by atoms with Gasteiger partial charge in [0.1, 0.15) is 0 Å². The molecule has 1 amide bonds. The number of benzene rings is 3. The third-order valence-corrected chi connectivity index (χ3v) is 6.62. The van der Waals surface area contributed by atoms with Gasteiger partial charge in [0.2, 0.25) is 0 Å². The minimum atomic E-state index is -3.73. The van der Waals surface area contributed by atoms with Gasteiger partial charge in [0.25, 0.3) is 15.9 Å². The van der Waals surface area contributed by atoms with Crippen molar-refractivity contribution in [2.45, 2.75) is 18.7 Å². The molecule has 0 radical (unpaired) electrons. The molecule has 0 spiro atoms. The molecule has 3 aromatic rings. The molecule has 31 heavy (non-hydrogen) atoms. The fourth-order valence-corrected chi connectivity index (χ4v) is 4.70. The smallest absolute Gasteiger partial charge is 0.261 e. The van der Waals surface area contributed by atoms with Crippen molar-refractivity contribution in [1.82, 2.24) is 5.32 Å². The summed E-state index contributed by atoms with van der Waals surface area (Å²) in [6.45, 7) is 3.80. The molecule has 9 heteroatoms. The summed E-state index contributed by atoms with van der Waals surface area (Å²) in [5, 5.41) is 5.61. The first-order chi connectivity index (χ1) is 14.6. The number of halogens is 1. The number of rotatable bonds is 5. The zero-order chi connectivity index (χ0) is 22.6. The van der Waals surface area contributed by atoms with E-state index in [9.17, 15) is 13.2 Å². The topological polar surface area (TPSA) is 87.3 Å². The molecular formula is C22H20IN3O3S2. The van der Waals surface area contributed by atoms with Crippen molar-refractivity contribution in [2.75, 3.05) is 10.0 Å². The summed E-state index contributed by atoms with van der Waals surface area (Å²) in [4.78, 5) is 12.4. The van der Waals surface area contributed by atoms with Crippen molar-refractivity contribution in [1.29, 1.82) is 0 Å². The minimum Gasteiger partial charge on any atom is -0.332 e. The largest absolute Gasteiger partial charge is 0.332 e. The second-order valence-electron chi connectivity index (χ2n) is 6.87. The third-order valence-electron chi connectivity index (χ3n) is 4.36. The third kappa shape index (κ3) is 6.25. The first kappa shape index (κ1) is 23.2. The molecule has 6 nitrogen and oxygen atoms in total. The number of anilines is 2. The second kappa shape index (κ2) is 9.75. The van der Waals surface area contributed by atoms with Crippen LogP contribution in [0.15, 0.2) is 71.6 Å². The molecule has 160 valence electrons. The van der Waals surface area contributed by atoms with Crippen molar-refractivity contribution < 1.29 is 13.2 Å². The number of sulfonamides is 1. The van der Waals surface area contributed by atoms with E-state index in [0.29, 0.717) is 16.9 Å². The van der Waals surface area contributed by atoms with Crippen molar-refractivity contribution >= 4 is 67.2 Å². The van der Waals surface area contributed by atoms with Crippen molar-refractivity contribution in [3.63, 3.8) is 0 Å². The van der Waals surface area contributed by atoms with Gasteiger partial charge in [0.05, 0.1) is 10.6 Å². The van der Waals surface area contributed by atoms with E-state index in [2.05, 4.69) is 37.9 Å². The van der Waals surface area contributed by atoms with Gasteiger partial charge in [-0.05, 0) is 103 Å². The lowest BCUT2D eigenvalue weighted by atomic mass is 10.1. The molecule has 0 fully saturated rings. The second-order valence-corrected chi connectivity index (χ2v) is 10.2. The lowest BCUT2D eigenvalue weighted by Crippen LogP contribution is -2.34. The van der Waals surface area contributed by atoms with Gasteiger partial charge in [0, 0.05) is 14.8 Å². The van der Waals surface area contributed by atoms with Gasteiger partial charge < -0.3 is 5.32 Å². The monoisotopic (exact) mass is 565 g/mol. The van der Waals surface area contributed by atoms with E-state index in [-0.39, 0.29) is 15.9 Å². The van der Waals surface area contributed by atoms with Gasteiger partial charge in [-0.2, -0.15) is 0 Å². The number of hydrogen-bond donors (Lipinski definition) is 3. The molecule has 3 N–H and O–H groups in total. The van der Waals surface area contributed by atoms with Crippen LogP contribution in [0.2, 0.25) is 0 Å². The number of aryl methyl sites for hydroxylation is 2. The first-order valence-corrected chi connectivity index (χ1v) is 12.2. The number of nitrogens with one attached hydrogen (secondary N) is 3. The predicted molar refractivity (Wildman–Crippen MR) is 136 cm³/mol. The number of carbonyl (C=O) groups excluding carboxylic acids is 1. The van der Waals surface area contributed by atoms with Crippen LogP contribution in [0, 0.1) is 17.4 Å². The maximum absolute atomic E-state index is 12.7. The van der Waals surface area contributed by atoms with Crippen LogP contribution >= 0.6 is 34.8 Å². The highest BCUT2D eigenvalue weighted by molar-refractivity contribution is 14.1. The Balaban J connectivity index is 1.65. The van der Waals surface area contributed by atoms with Gasteiger partial charge in [-0.3, -0.25) is 14.8 Å². The highest BCUT2D eigenvalue weighted by Gasteiger charge is 2.15. The Bertz CT molecular complexity index is 1240. The summed E-state index contributed by atoms with van der Waals surface area (Å²) in [7, 11) is -3.73. The highest BCUT2D eigenvalue weighted by atomic mass is 127. The Hall–Kier alpha value is -2.50. The van der Waals surface area contributed by atoms with E-state index in [1.54, 1.807) is 36.4 Å². The Morgan fingerprint density at radius 3 is 2.32 bits per heavy atom. The van der Waals surface area contributed by atoms with Crippen LogP contribution in [0.4, 0.5) is 11.4 Å². The molecule has 3 aromatic carbocycles. The molecular weight excluding hydrogens is 545 g/mol. The summed E-state index contributed by atoms with van der Waals surface area (Å²) in [6.07, 6.45) is 0. The quantitative estimate of drug-likeness (QED) is 0.305. The Morgan fingerprint density at radius 1 is 0.968 bits per heavy atom. The number of amides is 1. The van der Waals surface area contributed by atoms with E-state index in [1.165, 1.54) is 12.1 Å². The van der Waals surface area contributed by atoms with E-state index >= 15 is 0 Å². The van der Waals surface area contributed by atoms with Crippen LogP contribution in [0.3, 0.4) is 0 Å². The average Bonchev–Trinajstić information content (AvgIpc) is 2.70. The molecule has 0 aromatic heterocycles. The van der Waals surface area contributed by atoms with Gasteiger partial charge in [0.15, 0.2) is 5.11 Å². The summed E-state index contributed by atoms with van der Waals surface area (Å²) in [5.74, 6) is -0.326. The molecule has 0 aliphatic rings. The molecule has 0 heterocycles. The van der Waals surface area contributed by atoms with E-state index < -0.39 is 10.0 Å². The van der Waals surface area contributed by atoms with Gasteiger partial charge in [-0.15, -0.1) is 0 Å². The van der Waals surface area contributed by atoms with Crippen LogP contribution < -0.4 is 15.4 Å². The van der Waals surface area contributed by atoms with Crippen LogP contribution in [0.1, 0.15) is 21.5 Å². The fraction of sp³-hybridized carbons (Fsp3) is 0.0909. The lowest BCUT2D eigenvalue weighted by Gasteiger charge is -2.13. The number of hydrogen-bond acceptors (Lipinski definition) is 4. The molecule has 3 rings (SSSR count). The van der Waals surface area contributed by atoms with E-state index in [0.717, 1.165) is 14.7 Å². The first-order valence-electron chi connectivity index (χ1n) is 9.22. The van der Waals surface area contributed by atoms with Gasteiger partial charge in [-0.1, -0.05) is 23.8 Å². The van der Waals surface area contributed by atoms with Crippen molar-refractivity contribution in [3.05, 3.63) is 87.0 Å². The Labute approximate surface area is 200 Å². The summed E-state index contributed by atoms with van der Waals surface area (Å²) < 4.78 is 28.9. The predicted octanol–water partition coefficient (Wildman–Crippen LogP) is 4.84. The van der Waals surface area contributed by atoms with Crippen molar-refractivity contribution in [3.8, 4) is 0 Å². The van der Waals surface area contributed by atoms with Gasteiger partial charge >= 0.3 is 0 Å². The zero-order valence-electron chi connectivity index (χ0n) is 16.8. The lowest BCUT2D eigenvalue weighted by molar-refractivity contribution is 0.0977. The van der Waals surface area contributed by atoms with Crippen LogP contribution in [0.25, 0.3) is 0 Å². The summed E-state index contributed by atoms with van der Waals surface area (Å²) in [5.41, 5.74) is 3.48. The summed E-state index contributed by atoms with van der Waals surface area (Å²) in [6, 6.07) is 18.7. The Kier molecular flexibility index (Phi) is 7.29. The SMILES string of the molecule is Cc1ccc(NS(=O)(=O)c2ccc(NC(=S)NC(=O)c3cccc(I)c3)cc2)c(C)c1.